The normalized spacial score (nSPS) is 13.2. The zero-order valence-corrected chi connectivity index (χ0v) is 18.5. The fourth-order valence-corrected chi connectivity index (χ4v) is 3.94. The summed E-state index contributed by atoms with van der Waals surface area (Å²) in [5.74, 6) is -1.03. The molecule has 10 heteroatoms. The summed E-state index contributed by atoms with van der Waals surface area (Å²) in [5.41, 5.74) is 1.88. The van der Waals surface area contributed by atoms with E-state index in [1.807, 2.05) is 6.07 Å². The molecule has 1 aliphatic heterocycles. The lowest BCUT2D eigenvalue weighted by Crippen LogP contribution is -2.36. The Balaban J connectivity index is 1.79. The van der Waals surface area contributed by atoms with Gasteiger partial charge in [-0.1, -0.05) is 12.1 Å². The van der Waals surface area contributed by atoms with E-state index in [0.29, 0.717) is 31.9 Å². The van der Waals surface area contributed by atoms with Crippen molar-refractivity contribution in [3.63, 3.8) is 0 Å². The summed E-state index contributed by atoms with van der Waals surface area (Å²) in [6, 6.07) is 11.4. The first-order valence-electron chi connectivity index (χ1n) is 9.37. The summed E-state index contributed by atoms with van der Waals surface area (Å²) in [4.78, 5) is 38.2. The summed E-state index contributed by atoms with van der Waals surface area (Å²) < 4.78 is 6.18. The first-order valence-corrected chi connectivity index (χ1v) is 10.4. The number of rotatable bonds is 6. The standard InChI is InChI=1S/C21H19IN4O5/c22-15-9-16(17(25-21(29)30)10-18(15)26-4-6-31-7-5-26)24-20(28)11-19(27)14-3-1-2-13(8-14)12-23/h1-3,8-10,25H,4-7,11H2,(H,24,28)(H,29,30). The minimum atomic E-state index is -1.27. The number of amides is 2. The molecular formula is C21H19IN4O5. The predicted octanol–water partition coefficient (Wildman–Crippen LogP) is 3.30. The highest BCUT2D eigenvalue weighted by Crippen LogP contribution is 2.33. The van der Waals surface area contributed by atoms with Gasteiger partial charge in [-0.05, 0) is 46.9 Å². The van der Waals surface area contributed by atoms with E-state index in [9.17, 15) is 19.5 Å². The molecule has 3 rings (SSSR count). The maximum Gasteiger partial charge on any atom is 0.409 e. The predicted molar refractivity (Wildman–Crippen MR) is 123 cm³/mol. The van der Waals surface area contributed by atoms with Crippen molar-refractivity contribution in [2.24, 2.45) is 0 Å². The van der Waals surface area contributed by atoms with E-state index in [-0.39, 0.29) is 16.9 Å². The van der Waals surface area contributed by atoms with Crippen LogP contribution in [0.1, 0.15) is 22.3 Å². The van der Waals surface area contributed by atoms with Gasteiger partial charge in [0.2, 0.25) is 5.91 Å². The van der Waals surface area contributed by atoms with Crippen molar-refractivity contribution in [1.29, 1.82) is 5.26 Å². The van der Waals surface area contributed by atoms with Gasteiger partial charge in [-0.25, -0.2) is 4.79 Å². The minimum absolute atomic E-state index is 0.210. The molecule has 31 heavy (non-hydrogen) atoms. The minimum Gasteiger partial charge on any atom is -0.465 e. The molecule has 0 saturated carbocycles. The van der Waals surface area contributed by atoms with Gasteiger partial charge < -0.3 is 20.1 Å². The summed E-state index contributed by atoms with van der Waals surface area (Å²) in [6.45, 7) is 2.49. The zero-order valence-electron chi connectivity index (χ0n) is 16.4. The van der Waals surface area contributed by atoms with Crippen molar-refractivity contribution in [3.05, 3.63) is 51.1 Å². The van der Waals surface area contributed by atoms with E-state index in [0.717, 1.165) is 9.26 Å². The molecule has 0 unspecified atom stereocenters. The van der Waals surface area contributed by atoms with E-state index in [2.05, 4.69) is 38.1 Å². The number of hydrogen-bond acceptors (Lipinski definition) is 6. The molecule has 160 valence electrons. The number of ketones is 1. The van der Waals surface area contributed by atoms with Crippen LogP contribution >= 0.6 is 22.6 Å². The molecule has 1 aliphatic rings. The summed E-state index contributed by atoms with van der Waals surface area (Å²) in [7, 11) is 0. The molecule has 0 aromatic heterocycles. The second-order valence-corrected chi connectivity index (χ2v) is 7.88. The Labute approximate surface area is 192 Å². The quantitative estimate of drug-likeness (QED) is 0.295. The molecule has 0 aliphatic carbocycles. The fourth-order valence-electron chi connectivity index (χ4n) is 3.13. The highest BCUT2D eigenvalue weighted by molar-refractivity contribution is 14.1. The smallest absolute Gasteiger partial charge is 0.409 e. The molecule has 0 spiro atoms. The van der Waals surface area contributed by atoms with E-state index in [1.165, 1.54) is 12.1 Å². The van der Waals surface area contributed by atoms with E-state index in [4.69, 9.17) is 10.00 Å². The molecule has 1 saturated heterocycles. The summed E-state index contributed by atoms with van der Waals surface area (Å²) in [6.07, 6.45) is -1.71. The third-order valence-corrected chi connectivity index (χ3v) is 5.45. The number of nitrogens with zero attached hydrogens (tertiary/aromatic N) is 2. The molecule has 1 heterocycles. The van der Waals surface area contributed by atoms with E-state index in [1.54, 1.807) is 24.3 Å². The van der Waals surface area contributed by atoms with Crippen molar-refractivity contribution in [3.8, 4) is 6.07 Å². The van der Waals surface area contributed by atoms with Crippen molar-refractivity contribution in [1.82, 2.24) is 0 Å². The number of ether oxygens (including phenoxy) is 1. The number of carbonyl (C=O) groups is 3. The van der Waals surface area contributed by atoms with Crippen molar-refractivity contribution in [2.75, 3.05) is 41.8 Å². The van der Waals surface area contributed by atoms with Crippen molar-refractivity contribution in [2.45, 2.75) is 6.42 Å². The fraction of sp³-hybridized carbons (Fsp3) is 0.238. The van der Waals surface area contributed by atoms with E-state index >= 15 is 0 Å². The Morgan fingerprint density at radius 1 is 1.13 bits per heavy atom. The lowest BCUT2D eigenvalue weighted by Gasteiger charge is -2.30. The molecule has 1 fully saturated rings. The molecule has 2 aromatic carbocycles. The number of carbonyl (C=O) groups excluding carboxylic acids is 2. The molecule has 9 nitrogen and oxygen atoms in total. The lowest BCUT2D eigenvalue weighted by molar-refractivity contribution is -0.115. The number of nitriles is 1. The van der Waals surface area contributed by atoms with Crippen LogP contribution in [-0.2, 0) is 9.53 Å². The Kier molecular flexibility index (Phi) is 7.43. The van der Waals surface area contributed by atoms with Crippen molar-refractivity contribution >= 4 is 57.4 Å². The van der Waals surface area contributed by atoms with Gasteiger partial charge in [-0.3, -0.25) is 14.9 Å². The summed E-state index contributed by atoms with van der Waals surface area (Å²) in [5, 5.41) is 23.1. The molecule has 2 aromatic rings. The van der Waals surface area contributed by atoms with Crippen LogP contribution in [0.5, 0.6) is 0 Å². The van der Waals surface area contributed by atoms with Gasteiger partial charge in [0.15, 0.2) is 5.78 Å². The molecular weight excluding hydrogens is 515 g/mol. The van der Waals surface area contributed by atoms with Gasteiger partial charge in [-0.2, -0.15) is 5.26 Å². The highest BCUT2D eigenvalue weighted by atomic mass is 127. The molecule has 0 atom stereocenters. The lowest BCUT2D eigenvalue weighted by atomic mass is 10.1. The third kappa shape index (κ3) is 5.93. The molecule has 0 bridgehead atoms. The number of carboxylic acid groups (broad SMARTS) is 1. The number of morpholine rings is 1. The first kappa shape index (κ1) is 22.5. The van der Waals surface area contributed by atoms with Crippen LogP contribution in [0.4, 0.5) is 21.9 Å². The summed E-state index contributed by atoms with van der Waals surface area (Å²) >= 11 is 2.12. The molecule has 3 N–H and O–H groups in total. The van der Waals surface area contributed by atoms with Crippen LogP contribution in [0.2, 0.25) is 0 Å². The number of halogens is 1. The van der Waals surface area contributed by atoms with Crippen LogP contribution in [-0.4, -0.2) is 49.2 Å². The number of Topliss-reactive ketones (excluding diaryl/α,β-unsaturated/α-hetero) is 1. The Morgan fingerprint density at radius 2 is 1.84 bits per heavy atom. The largest absolute Gasteiger partial charge is 0.465 e. The van der Waals surface area contributed by atoms with Crippen LogP contribution in [0.3, 0.4) is 0 Å². The van der Waals surface area contributed by atoms with Gasteiger partial charge in [-0.15, -0.1) is 0 Å². The topological polar surface area (TPSA) is 132 Å². The van der Waals surface area contributed by atoms with Crippen LogP contribution < -0.4 is 15.5 Å². The second kappa shape index (κ2) is 10.2. The third-order valence-electron chi connectivity index (χ3n) is 4.59. The van der Waals surface area contributed by atoms with Gasteiger partial charge >= 0.3 is 6.09 Å². The van der Waals surface area contributed by atoms with Crippen LogP contribution in [0.25, 0.3) is 0 Å². The number of nitrogens with one attached hydrogen (secondary N) is 2. The average molecular weight is 534 g/mol. The number of anilines is 3. The maximum atomic E-state index is 12.5. The SMILES string of the molecule is N#Cc1cccc(C(=O)CC(=O)Nc2cc(I)c(N3CCOCC3)cc2NC(=O)O)c1. The van der Waals surface area contributed by atoms with Gasteiger partial charge in [0.25, 0.3) is 0 Å². The monoisotopic (exact) mass is 534 g/mol. The number of hydrogen-bond donors (Lipinski definition) is 3. The van der Waals surface area contributed by atoms with Crippen molar-refractivity contribution < 1.29 is 24.2 Å². The van der Waals surface area contributed by atoms with Gasteiger partial charge in [0.1, 0.15) is 0 Å². The maximum absolute atomic E-state index is 12.5. The van der Waals surface area contributed by atoms with Gasteiger partial charge in [0, 0.05) is 22.2 Å². The Bertz CT molecular complexity index is 1060. The number of benzene rings is 2. The Hall–Kier alpha value is -3.17. The molecule has 0 radical (unpaired) electrons. The average Bonchev–Trinajstić information content (AvgIpc) is 2.75. The van der Waals surface area contributed by atoms with E-state index < -0.39 is 24.2 Å². The molecule has 2 amide bonds. The highest BCUT2D eigenvalue weighted by Gasteiger charge is 2.20. The first-order chi connectivity index (χ1) is 14.9. The zero-order chi connectivity index (χ0) is 22.4. The van der Waals surface area contributed by atoms with Gasteiger partial charge in [0.05, 0.1) is 48.3 Å². The second-order valence-electron chi connectivity index (χ2n) is 6.72. The van der Waals surface area contributed by atoms with Crippen LogP contribution in [0, 0.1) is 14.9 Å². The van der Waals surface area contributed by atoms with Crippen LogP contribution in [0.15, 0.2) is 36.4 Å². The Morgan fingerprint density at radius 3 is 2.52 bits per heavy atom.